The average Bonchev–Trinajstić information content (AvgIpc) is 3.75. The third-order valence-corrected chi connectivity index (χ3v) is 7.54. The van der Waals surface area contributed by atoms with E-state index in [9.17, 15) is 9.18 Å². The molecule has 208 valence electrons. The molecule has 6 rings (SSSR count). The fourth-order valence-electron chi connectivity index (χ4n) is 5.47. The second-order valence-electron chi connectivity index (χ2n) is 10.2. The van der Waals surface area contributed by atoms with E-state index in [2.05, 4.69) is 26.6 Å². The molecule has 0 spiro atoms. The normalized spacial score (nSPS) is 18.7. The lowest BCUT2D eigenvalue weighted by atomic mass is 10.1. The van der Waals surface area contributed by atoms with E-state index >= 15 is 0 Å². The molecule has 2 amide bonds. The number of para-hydroxylation sites is 1. The first-order chi connectivity index (χ1) is 19.5. The minimum absolute atomic E-state index is 0.123. The number of rotatable bonds is 8. The summed E-state index contributed by atoms with van der Waals surface area (Å²) in [7, 11) is 1.66. The number of likely N-dealkylation sites (tertiary alicyclic amines) is 1. The van der Waals surface area contributed by atoms with Crippen molar-refractivity contribution in [1.29, 1.82) is 0 Å². The zero-order valence-corrected chi connectivity index (χ0v) is 22.5. The van der Waals surface area contributed by atoms with Crippen LogP contribution in [0, 0.1) is 12.7 Å². The third-order valence-electron chi connectivity index (χ3n) is 7.54. The molecule has 2 aliphatic heterocycles. The number of carbonyl (C=O) groups is 1. The van der Waals surface area contributed by atoms with E-state index in [1.165, 1.54) is 12.3 Å². The highest BCUT2D eigenvalue weighted by Gasteiger charge is 2.35. The highest BCUT2D eigenvalue weighted by Crippen LogP contribution is 2.32. The zero-order valence-electron chi connectivity index (χ0n) is 22.5. The highest BCUT2D eigenvalue weighted by atomic mass is 19.1. The molecule has 0 aliphatic carbocycles. The Morgan fingerprint density at radius 2 is 2.05 bits per heavy atom. The van der Waals surface area contributed by atoms with Gasteiger partial charge in [-0.05, 0) is 31.2 Å². The number of carbonyl (C=O) groups excluding carboxylic acids is 1. The molecule has 1 aromatic carbocycles. The van der Waals surface area contributed by atoms with Crippen LogP contribution in [0.2, 0.25) is 0 Å². The van der Waals surface area contributed by atoms with Gasteiger partial charge in [-0.25, -0.2) is 13.9 Å². The largest absolute Gasteiger partial charge is 0.383 e. The van der Waals surface area contributed by atoms with Crippen molar-refractivity contribution in [3.8, 4) is 16.9 Å². The molecule has 0 bridgehead atoms. The van der Waals surface area contributed by atoms with Gasteiger partial charge in [0.2, 0.25) is 0 Å². The minimum atomic E-state index is -0.358. The van der Waals surface area contributed by atoms with Crippen molar-refractivity contribution in [2.45, 2.75) is 32.2 Å². The van der Waals surface area contributed by atoms with Gasteiger partial charge in [0, 0.05) is 62.0 Å². The summed E-state index contributed by atoms with van der Waals surface area (Å²) >= 11 is 0. The lowest BCUT2D eigenvalue weighted by molar-refractivity contribution is 0.133. The second kappa shape index (κ2) is 11.2. The number of urea groups is 1. The van der Waals surface area contributed by atoms with E-state index in [-0.39, 0.29) is 23.9 Å². The standard InChI is InChI=1S/C29H32FN7O3/c1-19-27(20-12-21-17-40-18-25(21)31-13-20)34-37(23-6-4-3-5-7-23)28(19)33-29(38)32-24-15-35(10-11-39-2)16-26(24)36-9-8-22(30)14-36/h3-9,12-14,24,26H,10-11,15-18H2,1-2H3,(H2,32,33,38)/t24-,26-/m1/s1. The Balaban J connectivity index is 1.28. The Morgan fingerprint density at radius 1 is 1.20 bits per heavy atom. The van der Waals surface area contributed by atoms with Crippen LogP contribution in [-0.4, -0.2) is 69.7 Å². The number of anilines is 1. The summed E-state index contributed by atoms with van der Waals surface area (Å²) in [5.74, 6) is 0.259. The van der Waals surface area contributed by atoms with Crippen LogP contribution in [0.5, 0.6) is 0 Å². The molecule has 0 unspecified atom stereocenters. The molecule has 40 heavy (non-hydrogen) atoms. The number of amides is 2. The van der Waals surface area contributed by atoms with Gasteiger partial charge in [0.15, 0.2) is 0 Å². The Morgan fingerprint density at radius 3 is 2.83 bits per heavy atom. The van der Waals surface area contributed by atoms with Crippen LogP contribution in [0.1, 0.15) is 22.9 Å². The van der Waals surface area contributed by atoms with Crippen molar-refractivity contribution in [2.24, 2.45) is 0 Å². The van der Waals surface area contributed by atoms with Crippen molar-refractivity contribution >= 4 is 11.8 Å². The number of pyridine rings is 1. The predicted octanol–water partition coefficient (Wildman–Crippen LogP) is 3.91. The smallest absolute Gasteiger partial charge is 0.320 e. The van der Waals surface area contributed by atoms with Crippen LogP contribution in [0.3, 0.4) is 0 Å². The SMILES string of the molecule is COCCN1C[C@@H](n2ccc(F)c2)[C@H](NC(=O)Nc2c(C)c(-c3cnc4c(c3)COC4)nn2-c2ccccc2)C1. The fraction of sp³-hybridized carbons (Fsp3) is 0.345. The number of nitrogens with zero attached hydrogens (tertiary/aromatic N) is 5. The maximum absolute atomic E-state index is 13.8. The Labute approximate surface area is 231 Å². The first kappa shape index (κ1) is 26.2. The van der Waals surface area contributed by atoms with Crippen molar-refractivity contribution in [2.75, 3.05) is 38.7 Å². The van der Waals surface area contributed by atoms with Gasteiger partial charge in [-0.3, -0.25) is 15.2 Å². The molecular formula is C29H32FN7O3. The third kappa shape index (κ3) is 5.23. The Bertz CT molecular complexity index is 1500. The lowest BCUT2D eigenvalue weighted by Crippen LogP contribution is -2.43. The van der Waals surface area contributed by atoms with Crippen LogP contribution in [0.25, 0.3) is 16.9 Å². The van der Waals surface area contributed by atoms with Crippen molar-refractivity contribution in [3.63, 3.8) is 0 Å². The first-order valence-corrected chi connectivity index (χ1v) is 13.3. The highest BCUT2D eigenvalue weighted by molar-refractivity contribution is 5.91. The molecule has 3 aromatic heterocycles. The van der Waals surface area contributed by atoms with Crippen LogP contribution < -0.4 is 10.6 Å². The van der Waals surface area contributed by atoms with Crippen molar-refractivity contribution in [3.05, 3.63) is 83.7 Å². The maximum atomic E-state index is 13.8. The van der Waals surface area contributed by atoms with Crippen molar-refractivity contribution in [1.82, 2.24) is 29.5 Å². The molecule has 1 fully saturated rings. The minimum Gasteiger partial charge on any atom is -0.383 e. The van der Waals surface area contributed by atoms with Gasteiger partial charge in [-0.1, -0.05) is 18.2 Å². The number of methoxy groups -OCH3 is 1. The molecule has 5 heterocycles. The molecule has 0 radical (unpaired) electrons. The number of hydrogen-bond acceptors (Lipinski definition) is 6. The van der Waals surface area contributed by atoms with Crippen LogP contribution in [-0.2, 0) is 22.7 Å². The molecular weight excluding hydrogens is 513 g/mol. The Kier molecular flexibility index (Phi) is 7.33. The summed E-state index contributed by atoms with van der Waals surface area (Å²) < 4.78 is 28.2. The van der Waals surface area contributed by atoms with Crippen LogP contribution in [0.15, 0.2) is 61.1 Å². The molecule has 2 N–H and O–H groups in total. The topological polar surface area (TPSA) is 98.5 Å². The van der Waals surface area contributed by atoms with Gasteiger partial charge in [0.25, 0.3) is 0 Å². The van der Waals surface area contributed by atoms with E-state index in [0.29, 0.717) is 38.7 Å². The average molecular weight is 546 g/mol. The summed E-state index contributed by atoms with van der Waals surface area (Å²) in [6, 6.07) is 12.4. The fourth-order valence-corrected chi connectivity index (χ4v) is 5.47. The maximum Gasteiger partial charge on any atom is 0.320 e. The van der Waals surface area contributed by atoms with Gasteiger partial charge in [0.1, 0.15) is 11.6 Å². The van der Waals surface area contributed by atoms with Gasteiger partial charge < -0.3 is 19.4 Å². The van der Waals surface area contributed by atoms with E-state index in [1.54, 1.807) is 24.2 Å². The molecule has 0 saturated carbocycles. The summed E-state index contributed by atoms with van der Waals surface area (Å²) in [6.45, 7) is 5.56. The zero-order chi connectivity index (χ0) is 27.6. The summed E-state index contributed by atoms with van der Waals surface area (Å²) in [5, 5.41) is 11.1. The number of aromatic nitrogens is 4. The first-order valence-electron chi connectivity index (χ1n) is 13.3. The molecule has 10 nitrogen and oxygen atoms in total. The van der Waals surface area contributed by atoms with Gasteiger partial charge in [0.05, 0.1) is 49.0 Å². The molecule has 2 aliphatic rings. The number of benzene rings is 1. The second-order valence-corrected chi connectivity index (χ2v) is 10.2. The number of ether oxygens (including phenoxy) is 2. The molecule has 11 heteroatoms. The number of hydrogen-bond donors (Lipinski definition) is 2. The molecule has 4 aromatic rings. The summed E-state index contributed by atoms with van der Waals surface area (Å²) in [5.41, 5.74) is 5.21. The van der Waals surface area contributed by atoms with Gasteiger partial charge in [-0.15, -0.1) is 0 Å². The van der Waals surface area contributed by atoms with Crippen LogP contribution >= 0.6 is 0 Å². The predicted molar refractivity (Wildman–Crippen MR) is 148 cm³/mol. The monoisotopic (exact) mass is 545 g/mol. The number of halogens is 1. The quantitative estimate of drug-likeness (QED) is 0.349. The lowest BCUT2D eigenvalue weighted by Gasteiger charge is -2.22. The molecule has 1 saturated heterocycles. The van der Waals surface area contributed by atoms with E-state index in [4.69, 9.17) is 14.6 Å². The van der Waals surface area contributed by atoms with Crippen LogP contribution in [0.4, 0.5) is 15.0 Å². The summed E-state index contributed by atoms with van der Waals surface area (Å²) in [6.07, 6.45) is 4.98. The van der Waals surface area contributed by atoms with E-state index in [1.807, 2.05) is 41.8 Å². The van der Waals surface area contributed by atoms with E-state index in [0.717, 1.165) is 40.3 Å². The van der Waals surface area contributed by atoms with Gasteiger partial charge in [-0.2, -0.15) is 5.10 Å². The molecule has 2 atom stereocenters. The number of fused-ring (bicyclic) bond motifs is 1. The number of nitrogens with one attached hydrogen (secondary N) is 2. The van der Waals surface area contributed by atoms with Gasteiger partial charge >= 0.3 is 6.03 Å². The van der Waals surface area contributed by atoms with Crippen molar-refractivity contribution < 1.29 is 18.7 Å². The Hall–Kier alpha value is -4.06. The van der Waals surface area contributed by atoms with E-state index < -0.39 is 0 Å². The summed E-state index contributed by atoms with van der Waals surface area (Å²) in [4.78, 5) is 20.3.